The van der Waals surface area contributed by atoms with Gasteiger partial charge in [-0.3, -0.25) is 4.79 Å². The molecular weight excluding hydrogens is 407 g/mol. The summed E-state index contributed by atoms with van der Waals surface area (Å²) in [6, 6.07) is 19.2. The molecule has 0 saturated heterocycles. The summed E-state index contributed by atoms with van der Waals surface area (Å²) in [4.78, 5) is 13.1. The van der Waals surface area contributed by atoms with E-state index in [4.69, 9.17) is 0 Å². The SMILES string of the molecule is CNC(=O)c1cccc(-c2cccc3c2SC(Cc2cccc(C(F)(F)F)c2)C3)c1. The Bertz CT molecular complexity index is 1090. The summed E-state index contributed by atoms with van der Waals surface area (Å²) < 4.78 is 39.1. The summed E-state index contributed by atoms with van der Waals surface area (Å²) in [5.41, 5.74) is 3.89. The Morgan fingerprint density at radius 2 is 1.83 bits per heavy atom. The molecule has 6 heteroatoms. The summed E-state index contributed by atoms with van der Waals surface area (Å²) in [6.45, 7) is 0. The molecule has 3 aromatic rings. The Morgan fingerprint density at radius 3 is 2.60 bits per heavy atom. The fraction of sp³-hybridized carbons (Fsp3) is 0.208. The van der Waals surface area contributed by atoms with Gasteiger partial charge in [0.25, 0.3) is 5.91 Å². The molecule has 30 heavy (non-hydrogen) atoms. The van der Waals surface area contributed by atoms with E-state index < -0.39 is 11.7 Å². The van der Waals surface area contributed by atoms with Crippen LogP contribution in [0.25, 0.3) is 11.1 Å². The van der Waals surface area contributed by atoms with Gasteiger partial charge in [-0.15, -0.1) is 11.8 Å². The summed E-state index contributed by atoms with van der Waals surface area (Å²) in [7, 11) is 1.60. The Balaban J connectivity index is 1.58. The number of rotatable bonds is 4. The predicted molar refractivity (Wildman–Crippen MR) is 114 cm³/mol. The molecule has 0 saturated carbocycles. The van der Waals surface area contributed by atoms with Crippen LogP contribution in [0.4, 0.5) is 13.2 Å². The van der Waals surface area contributed by atoms with Crippen LogP contribution in [0.2, 0.25) is 0 Å². The van der Waals surface area contributed by atoms with Crippen LogP contribution < -0.4 is 5.32 Å². The number of carbonyl (C=O) groups is 1. The van der Waals surface area contributed by atoms with Crippen molar-refractivity contribution >= 4 is 17.7 Å². The zero-order valence-corrected chi connectivity index (χ0v) is 17.1. The Labute approximate surface area is 177 Å². The number of thioether (sulfide) groups is 1. The lowest BCUT2D eigenvalue weighted by atomic mass is 9.98. The van der Waals surface area contributed by atoms with Gasteiger partial charge >= 0.3 is 6.18 Å². The average molecular weight is 427 g/mol. The van der Waals surface area contributed by atoms with E-state index in [1.807, 2.05) is 30.3 Å². The molecule has 0 aliphatic carbocycles. The number of nitrogens with one attached hydrogen (secondary N) is 1. The van der Waals surface area contributed by atoms with Crippen molar-refractivity contribution in [3.8, 4) is 11.1 Å². The normalized spacial score (nSPS) is 15.7. The third kappa shape index (κ3) is 4.24. The van der Waals surface area contributed by atoms with E-state index in [1.165, 1.54) is 17.7 Å². The minimum Gasteiger partial charge on any atom is -0.355 e. The average Bonchev–Trinajstić information content (AvgIpc) is 3.15. The maximum absolute atomic E-state index is 13.0. The molecule has 0 bridgehead atoms. The lowest BCUT2D eigenvalue weighted by Gasteiger charge is -2.12. The van der Waals surface area contributed by atoms with E-state index in [0.717, 1.165) is 28.5 Å². The lowest BCUT2D eigenvalue weighted by Crippen LogP contribution is -2.17. The zero-order valence-electron chi connectivity index (χ0n) is 16.3. The van der Waals surface area contributed by atoms with Gasteiger partial charge < -0.3 is 5.32 Å². The second kappa shape index (κ2) is 8.19. The standard InChI is InChI=1S/C24H20F3NOS/c1-28-23(29)18-8-3-6-16(13-18)21-10-4-7-17-14-20(30-22(17)21)12-15-5-2-9-19(11-15)24(25,26)27/h2-11,13,20H,12,14H2,1H3,(H,28,29). The molecule has 2 nitrogen and oxygen atoms in total. The Kier molecular flexibility index (Phi) is 5.60. The van der Waals surface area contributed by atoms with Crippen LogP contribution in [0.3, 0.4) is 0 Å². The van der Waals surface area contributed by atoms with E-state index in [9.17, 15) is 18.0 Å². The van der Waals surface area contributed by atoms with Crippen molar-refractivity contribution in [1.29, 1.82) is 0 Å². The molecule has 1 aliphatic rings. The highest BCUT2D eigenvalue weighted by Gasteiger charge is 2.31. The third-order valence-corrected chi connectivity index (χ3v) is 6.59. The van der Waals surface area contributed by atoms with Gasteiger partial charge in [-0.25, -0.2) is 0 Å². The molecule has 1 N–H and O–H groups in total. The minimum absolute atomic E-state index is 0.139. The van der Waals surface area contributed by atoms with Crippen LogP contribution in [0.5, 0.6) is 0 Å². The molecule has 1 unspecified atom stereocenters. The predicted octanol–water partition coefficient (Wildman–Crippen LogP) is 5.99. The van der Waals surface area contributed by atoms with Gasteiger partial charge in [-0.05, 0) is 53.3 Å². The maximum Gasteiger partial charge on any atom is 0.416 e. The van der Waals surface area contributed by atoms with Gasteiger partial charge in [0.2, 0.25) is 0 Å². The molecule has 0 fully saturated rings. The van der Waals surface area contributed by atoms with Crippen molar-refractivity contribution in [2.75, 3.05) is 7.05 Å². The first-order chi connectivity index (χ1) is 14.3. The number of fused-ring (bicyclic) bond motifs is 1. The number of hydrogen-bond acceptors (Lipinski definition) is 2. The fourth-order valence-electron chi connectivity index (χ4n) is 3.79. The summed E-state index contributed by atoms with van der Waals surface area (Å²) in [5, 5.41) is 2.81. The van der Waals surface area contributed by atoms with Crippen LogP contribution >= 0.6 is 11.8 Å². The second-order valence-electron chi connectivity index (χ2n) is 7.30. The second-order valence-corrected chi connectivity index (χ2v) is 8.61. The number of carbonyl (C=O) groups excluding carboxylic acids is 1. The zero-order chi connectivity index (χ0) is 21.3. The minimum atomic E-state index is -4.33. The molecule has 154 valence electrons. The molecule has 1 atom stereocenters. The highest BCUT2D eigenvalue weighted by Crippen LogP contribution is 2.44. The lowest BCUT2D eigenvalue weighted by molar-refractivity contribution is -0.137. The highest BCUT2D eigenvalue weighted by molar-refractivity contribution is 8.00. The van der Waals surface area contributed by atoms with Crippen molar-refractivity contribution in [3.05, 3.63) is 89.0 Å². The number of benzene rings is 3. The van der Waals surface area contributed by atoms with Crippen LogP contribution in [0.15, 0.2) is 71.6 Å². The Hall–Kier alpha value is -2.73. The molecule has 1 amide bonds. The van der Waals surface area contributed by atoms with Crippen molar-refractivity contribution < 1.29 is 18.0 Å². The highest BCUT2D eigenvalue weighted by atomic mass is 32.2. The first-order valence-corrected chi connectivity index (χ1v) is 10.5. The largest absolute Gasteiger partial charge is 0.416 e. The number of alkyl halides is 3. The summed E-state index contributed by atoms with van der Waals surface area (Å²) in [6.07, 6.45) is -2.95. The molecule has 1 aliphatic heterocycles. The van der Waals surface area contributed by atoms with Gasteiger partial charge in [0.1, 0.15) is 0 Å². The van der Waals surface area contributed by atoms with Gasteiger partial charge in [0.05, 0.1) is 5.56 Å². The number of halogens is 3. The van der Waals surface area contributed by atoms with Crippen molar-refractivity contribution in [1.82, 2.24) is 5.32 Å². The molecule has 4 rings (SSSR count). The smallest absolute Gasteiger partial charge is 0.355 e. The molecule has 0 aromatic heterocycles. The van der Waals surface area contributed by atoms with E-state index >= 15 is 0 Å². The van der Waals surface area contributed by atoms with E-state index in [0.29, 0.717) is 17.5 Å². The first kappa shape index (κ1) is 20.5. The first-order valence-electron chi connectivity index (χ1n) is 9.62. The fourth-order valence-corrected chi connectivity index (χ4v) is 5.28. The molecule has 1 heterocycles. The van der Waals surface area contributed by atoms with Crippen LogP contribution in [0, 0.1) is 0 Å². The maximum atomic E-state index is 13.0. The molecule has 3 aromatic carbocycles. The monoisotopic (exact) mass is 427 g/mol. The van der Waals surface area contributed by atoms with Gasteiger partial charge in [-0.2, -0.15) is 13.2 Å². The van der Waals surface area contributed by atoms with Crippen molar-refractivity contribution in [2.45, 2.75) is 29.2 Å². The van der Waals surface area contributed by atoms with Gasteiger partial charge in [0, 0.05) is 22.8 Å². The van der Waals surface area contributed by atoms with Crippen molar-refractivity contribution in [2.24, 2.45) is 0 Å². The summed E-state index contributed by atoms with van der Waals surface area (Å²) in [5.74, 6) is -0.139. The van der Waals surface area contributed by atoms with Crippen molar-refractivity contribution in [3.63, 3.8) is 0 Å². The summed E-state index contributed by atoms with van der Waals surface area (Å²) >= 11 is 1.70. The quantitative estimate of drug-likeness (QED) is 0.554. The third-order valence-electron chi connectivity index (χ3n) is 5.21. The molecule has 0 spiro atoms. The van der Waals surface area contributed by atoms with E-state index in [-0.39, 0.29) is 11.2 Å². The van der Waals surface area contributed by atoms with E-state index in [1.54, 1.807) is 30.9 Å². The molecular formula is C24H20F3NOS. The number of hydrogen-bond donors (Lipinski definition) is 1. The molecule has 0 radical (unpaired) electrons. The van der Waals surface area contributed by atoms with E-state index in [2.05, 4.69) is 11.4 Å². The topological polar surface area (TPSA) is 29.1 Å². The van der Waals surface area contributed by atoms with Gasteiger partial charge in [0.15, 0.2) is 0 Å². The van der Waals surface area contributed by atoms with Crippen LogP contribution in [-0.2, 0) is 19.0 Å². The number of amides is 1. The van der Waals surface area contributed by atoms with Crippen LogP contribution in [0.1, 0.15) is 27.0 Å². The van der Waals surface area contributed by atoms with Gasteiger partial charge in [-0.1, -0.05) is 48.5 Å². The van der Waals surface area contributed by atoms with Crippen LogP contribution in [-0.4, -0.2) is 18.2 Å². The Morgan fingerprint density at radius 1 is 1.07 bits per heavy atom.